The predicted molar refractivity (Wildman–Crippen MR) is 89.4 cm³/mol. The smallest absolute Gasteiger partial charge is 0.0340 e. The number of nitrogens with one attached hydrogen (secondary N) is 1. The van der Waals surface area contributed by atoms with E-state index >= 15 is 0 Å². The molecule has 0 aromatic heterocycles. The number of hydrogen-bond acceptors (Lipinski definition) is 2. The fourth-order valence-corrected chi connectivity index (χ4v) is 3.12. The molecule has 0 radical (unpaired) electrons. The zero-order valence-electron chi connectivity index (χ0n) is 12.5. The molecule has 2 nitrogen and oxygen atoms in total. The van der Waals surface area contributed by atoms with E-state index in [0.717, 1.165) is 19.0 Å². The topological polar surface area (TPSA) is 15.3 Å². The number of benzene rings is 2. The van der Waals surface area contributed by atoms with E-state index in [1.807, 2.05) is 0 Å². The molecule has 2 aromatic rings. The molecular formula is C19H24N2. The number of para-hydroxylation sites is 1. The van der Waals surface area contributed by atoms with Crippen LogP contribution < -0.4 is 5.32 Å². The molecule has 0 saturated carbocycles. The van der Waals surface area contributed by atoms with Gasteiger partial charge >= 0.3 is 0 Å². The van der Waals surface area contributed by atoms with Gasteiger partial charge in [0.2, 0.25) is 0 Å². The fourth-order valence-electron chi connectivity index (χ4n) is 3.12. The molecule has 0 bridgehead atoms. The molecule has 1 N–H and O–H groups in total. The second kappa shape index (κ2) is 7.28. The predicted octanol–water partition coefficient (Wildman–Crippen LogP) is 4.01. The van der Waals surface area contributed by atoms with E-state index < -0.39 is 0 Å². The minimum atomic E-state index is 0.752. The van der Waals surface area contributed by atoms with E-state index in [1.165, 1.54) is 37.2 Å². The lowest BCUT2D eigenvalue weighted by Gasteiger charge is -2.33. The summed E-state index contributed by atoms with van der Waals surface area (Å²) in [6.45, 7) is 4.60. The molecule has 1 aliphatic rings. The van der Waals surface area contributed by atoms with Crippen molar-refractivity contribution in [1.29, 1.82) is 0 Å². The van der Waals surface area contributed by atoms with Crippen LogP contribution in [0.2, 0.25) is 0 Å². The van der Waals surface area contributed by atoms with Gasteiger partial charge in [-0.05, 0) is 43.0 Å². The average molecular weight is 280 g/mol. The molecule has 1 saturated heterocycles. The highest BCUT2D eigenvalue weighted by atomic mass is 15.1. The van der Waals surface area contributed by atoms with Crippen molar-refractivity contribution in [1.82, 2.24) is 4.90 Å². The Morgan fingerprint density at radius 3 is 2.43 bits per heavy atom. The van der Waals surface area contributed by atoms with Gasteiger partial charge in [-0.2, -0.15) is 0 Å². The number of rotatable bonds is 5. The van der Waals surface area contributed by atoms with Gasteiger partial charge in [-0.1, -0.05) is 48.5 Å². The lowest BCUT2D eigenvalue weighted by molar-refractivity contribution is 0.173. The van der Waals surface area contributed by atoms with Crippen LogP contribution in [0.1, 0.15) is 18.4 Å². The Labute approximate surface area is 127 Å². The molecule has 0 amide bonds. The number of anilines is 1. The first kappa shape index (κ1) is 14.2. The first-order valence-electron chi connectivity index (χ1n) is 7.95. The Balaban J connectivity index is 1.49. The lowest BCUT2D eigenvalue weighted by Crippen LogP contribution is -2.37. The van der Waals surface area contributed by atoms with Gasteiger partial charge in [0.1, 0.15) is 0 Å². The number of likely N-dealkylation sites (tertiary alicyclic amines) is 1. The van der Waals surface area contributed by atoms with E-state index in [0.29, 0.717) is 0 Å². The van der Waals surface area contributed by atoms with Gasteiger partial charge in [0.25, 0.3) is 0 Å². The van der Waals surface area contributed by atoms with Crippen molar-refractivity contribution in [3.05, 3.63) is 66.2 Å². The Bertz CT molecular complexity index is 524. The zero-order chi connectivity index (χ0) is 14.3. The molecule has 3 rings (SSSR count). The molecule has 2 heteroatoms. The molecule has 0 spiro atoms. The van der Waals surface area contributed by atoms with Crippen molar-refractivity contribution >= 4 is 5.69 Å². The largest absolute Gasteiger partial charge is 0.385 e. The summed E-state index contributed by atoms with van der Waals surface area (Å²) < 4.78 is 0. The Kier molecular flexibility index (Phi) is 4.90. The highest BCUT2D eigenvalue weighted by molar-refractivity contribution is 5.42. The van der Waals surface area contributed by atoms with E-state index in [1.54, 1.807) is 0 Å². The second-order valence-electron chi connectivity index (χ2n) is 5.98. The van der Waals surface area contributed by atoms with Crippen LogP contribution in [0.25, 0.3) is 0 Å². The van der Waals surface area contributed by atoms with Crippen molar-refractivity contribution in [3.63, 3.8) is 0 Å². The molecule has 0 unspecified atom stereocenters. The minimum Gasteiger partial charge on any atom is -0.385 e. The molecule has 2 aromatic carbocycles. The molecule has 1 heterocycles. The fraction of sp³-hybridized carbons (Fsp3) is 0.368. The van der Waals surface area contributed by atoms with Crippen LogP contribution >= 0.6 is 0 Å². The quantitative estimate of drug-likeness (QED) is 0.890. The molecule has 0 aliphatic carbocycles. The zero-order valence-corrected chi connectivity index (χ0v) is 12.5. The summed E-state index contributed by atoms with van der Waals surface area (Å²) in [7, 11) is 0. The Morgan fingerprint density at radius 2 is 1.67 bits per heavy atom. The maximum atomic E-state index is 3.57. The van der Waals surface area contributed by atoms with Gasteiger partial charge in [-0.15, -0.1) is 0 Å². The molecule has 1 atom stereocenters. The molecule has 1 fully saturated rings. The summed E-state index contributed by atoms with van der Waals surface area (Å²) in [5, 5.41) is 3.57. The van der Waals surface area contributed by atoms with Crippen molar-refractivity contribution < 1.29 is 0 Å². The lowest BCUT2D eigenvalue weighted by atomic mass is 9.97. The van der Waals surface area contributed by atoms with E-state index in [2.05, 4.69) is 70.9 Å². The van der Waals surface area contributed by atoms with Crippen LogP contribution in [-0.4, -0.2) is 24.5 Å². The summed E-state index contributed by atoms with van der Waals surface area (Å²) in [4.78, 5) is 2.59. The third-order valence-electron chi connectivity index (χ3n) is 4.22. The molecule has 21 heavy (non-hydrogen) atoms. The highest BCUT2D eigenvalue weighted by Crippen LogP contribution is 2.19. The van der Waals surface area contributed by atoms with Gasteiger partial charge < -0.3 is 5.32 Å². The van der Waals surface area contributed by atoms with Crippen LogP contribution in [0, 0.1) is 5.92 Å². The van der Waals surface area contributed by atoms with Crippen LogP contribution in [0.4, 0.5) is 5.69 Å². The Hall–Kier alpha value is -1.80. The highest BCUT2D eigenvalue weighted by Gasteiger charge is 2.19. The van der Waals surface area contributed by atoms with Gasteiger partial charge in [0.15, 0.2) is 0 Å². The first-order chi connectivity index (χ1) is 10.4. The molecule has 1 aliphatic heterocycles. The van der Waals surface area contributed by atoms with Crippen molar-refractivity contribution in [2.24, 2.45) is 5.92 Å². The summed E-state index contributed by atoms with van der Waals surface area (Å²) in [6.07, 6.45) is 2.65. The van der Waals surface area contributed by atoms with Crippen molar-refractivity contribution in [3.8, 4) is 0 Å². The third kappa shape index (κ3) is 4.33. The normalized spacial score (nSPS) is 19.3. The number of nitrogens with zero attached hydrogens (tertiary/aromatic N) is 1. The second-order valence-corrected chi connectivity index (χ2v) is 5.98. The van der Waals surface area contributed by atoms with Gasteiger partial charge in [0.05, 0.1) is 0 Å². The number of piperidine rings is 1. The summed E-state index contributed by atoms with van der Waals surface area (Å²) >= 11 is 0. The van der Waals surface area contributed by atoms with Crippen LogP contribution in [-0.2, 0) is 6.54 Å². The summed E-state index contributed by atoms with van der Waals surface area (Å²) in [5.41, 5.74) is 2.66. The van der Waals surface area contributed by atoms with Crippen LogP contribution in [0.5, 0.6) is 0 Å². The molecule has 110 valence electrons. The van der Waals surface area contributed by atoms with Crippen LogP contribution in [0.3, 0.4) is 0 Å². The summed E-state index contributed by atoms with van der Waals surface area (Å²) in [5.74, 6) is 0.752. The van der Waals surface area contributed by atoms with E-state index in [9.17, 15) is 0 Å². The van der Waals surface area contributed by atoms with Crippen LogP contribution in [0.15, 0.2) is 60.7 Å². The molecular weight excluding hydrogens is 256 g/mol. The SMILES string of the molecule is c1ccc(CN2CCC[C@@H](CNc3ccccc3)C2)cc1. The minimum absolute atomic E-state index is 0.752. The van der Waals surface area contributed by atoms with Crippen molar-refractivity contribution in [2.75, 3.05) is 25.0 Å². The maximum Gasteiger partial charge on any atom is 0.0340 e. The Morgan fingerprint density at radius 1 is 0.952 bits per heavy atom. The maximum absolute atomic E-state index is 3.57. The van der Waals surface area contributed by atoms with Gasteiger partial charge in [-0.25, -0.2) is 0 Å². The monoisotopic (exact) mass is 280 g/mol. The van der Waals surface area contributed by atoms with E-state index in [4.69, 9.17) is 0 Å². The number of hydrogen-bond donors (Lipinski definition) is 1. The standard InChI is InChI=1S/C19H24N2/c1-3-8-17(9-4-1)15-21-13-7-10-18(16-21)14-20-19-11-5-2-6-12-19/h1-6,8-9,11-12,18,20H,7,10,13-16H2/t18-/m0/s1. The first-order valence-corrected chi connectivity index (χ1v) is 7.95. The van der Waals surface area contributed by atoms with Gasteiger partial charge in [0, 0.05) is 25.3 Å². The summed E-state index contributed by atoms with van der Waals surface area (Å²) in [6, 6.07) is 21.3. The third-order valence-corrected chi connectivity index (χ3v) is 4.22. The average Bonchev–Trinajstić information content (AvgIpc) is 2.55. The van der Waals surface area contributed by atoms with E-state index in [-0.39, 0.29) is 0 Å². The van der Waals surface area contributed by atoms with Gasteiger partial charge in [-0.3, -0.25) is 4.90 Å². The van der Waals surface area contributed by atoms with Crippen molar-refractivity contribution in [2.45, 2.75) is 19.4 Å².